The molecular formula is C36H64N2O5. The van der Waals surface area contributed by atoms with Crippen LogP contribution in [0.15, 0.2) is 18.2 Å². The number of likely N-dealkylation sites (tertiary alicyclic amines) is 1. The van der Waals surface area contributed by atoms with Crippen molar-refractivity contribution in [2.45, 2.75) is 136 Å². The van der Waals surface area contributed by atoms with E-state index in [9.17, 15) is 9.59 Å². The Hall–Kier alpha value is -2.12. The Morgan fingerprint density at radius 1 is 0.860 bits per heavy atom. The van der Waals surface area contributed by atoms with Gasteiger partial charge in [0.1, 0.15) is 25.6 Å². The van der Waals surface area contributed by atoms with Crippen molar-refractivity contribution in [3.63, 3.8) is 0 Å². The van der Waals surface area contributed by atoms with Crippen LogP contribution in [0.3, 0.4) is 0 Å². The van der Waals surface area contributed by atoms with Crippen molar-refractivity contribution in [1.82, 2.24) is 10.2 Å². The van der Waals surface area contributed by atoms with Gasteiger partial charge in [-0.1, -0.05) is 97.0 Å². The molecule has 0 amide bonds. The number of hydrogen-bond donors (Lipinski definition) is 1. The predicted octanol–water partition coefficient (Wildman–Crippen LogP) is 8.44. The van der Waals surface area contributed by atoms with Gasteiger partial charge >= 0.3 is 5.97 Å². The highest BCUT2D eigenvalue weighted by molar-refractivity contribution is 5.69. The van der Waals surface area contributed by atoms with Gasteiger partial charge in [0.25, 0.3) is 0 Å². The summed E-state index contributed by atoms with van der Waals surface area (Å²) in [5, 5.41) is 3.11. The molecule has 1 aromatic carbocycles. The van der Waals surface area contributed by atoms with Crippen LogP contribution in [-0.4, -0.2) is 64.1 Å². The number of nitrogens with zero attached hydrogens (tertiary/aromatic N) is 1. The van der Waals surface area contributed by atoms with Crippen molar-refractivity contribution in [2.24, 2.45) is 0 Å². The molecule has 1 saturated heterocycles. The number of carbonyl (C=O) groups is 2. The number of likely N-dealkylation sites (N-methyl/N-ethyl adjacent to an activating group) is 1. The molecule has 1 aromatic rings. The highest BCUT2D eigenvalue weighted by Crippen LogP contribution is 2.33. The van der Waals surface area contributed by atoms with Gasteiger partial charge < -0.3 is 29.2 Å². The number of unbranched alkanes of at least 4 members (excludes halogenated alkanes) is 13. The lowest BCUT2D eigenvalue weighted by Crippen LogP contribution is -2.23. The molecular weight excluding hydrogens is 540 g/mol. The zero-order valence-electron chi connectivity index (χ0n) is 28.1. The summed E-state index contributed by atoms with van der Waals surface area (Å²) >= 11 is 0. The zero-order valence-corrected chi connectivity index (χ0v) is 28.1. The molecule has 0 bridgehead atoms. The number of aldehydes is 1. The first-order valence-corrected chi connectivity index (χ1v) is 17.4. The average Bonchev–Trinajstić information content (AvgIpc) is 3.51. The van der Waals surface area contributed by atoms with Crippen LogP contribution in [0.5, 0.6) is 11.5 Å². The molecule has 0 aliphatic carbocycles. The molecule has 0 unspecified atom stereocenters. The second-order valence-corrected chi connectivity index (χ2v) is 11.9. The summed E-state index contributed by atoms with van der Waals surface area (Å²) in [6.07, 6.45) is 22.1. The number of fused-ring (bicyclic) bond motifs is 1. The van der Waals surface area contributed by atoms with Gasteiger partial charge in [0.2, 0.25) is 0 Å². The number of esters is 1. The summed E-state index contributed by atoms with van der Waals surface area (Å²) in [5.74, 6) is 1.34. The Balaban J connectivity index is 0.000000501. The largest absolute Gasteiger partial charge is 0.486 e. The second-order valence-electron chi connectivity index (χ2n) is 11.9. The third kappa shape index (κ3) is 20.5. The molecule has 0 spiro atoms. The van der Waals surface area contributed by atoms with Crippen molar-refractivity contribution in [3.8, 4) is 11.5 Å². The van der Waals surface area contributed by atoms with Crippen molar-refractivity contribution in [3.05, 3.63) is 23.8 Å². The lowest BCUT2D eigenvalue weighted by atomic mass is 10.1. The molecule has 0 saturated carbocycles. The van der Waals surface area contributed by atoms with E-state index in [1.807, 2.05) is 25.2 Å². The van der Waals surface area contributed by atoms with Gasteiger partial charge in [0, 0.05) is 19.4 Å². The summed E-state index contributed by atoms with van der Waals surface area (Å²) in [7, 11) is 4.03. The van der Waals surface area contributed by atoms with Crippen molar-refractivity contribution < 1.29 is 23.8 Å². The quantitative estimate of drug-likeness (QED) is 0.0909. The fourth-order valence-corrected chi connectivity index (χ4v) is 5.18. The van der Waals surface area contributed by atoms with Crippen LogP contribution >= 0.6 is 0 Å². The van der Waals surface area contributed by atoms with E-state index in [0.29, 0.717) is 26.2 Å². The zero-order chi connectivity index (χ0) is 31.4. The molecule has 2 aliphatic heterocycles. The Morgan fingerprint density at radius 2 is 1.42 bits per heavy atom. The lowest BCUT2D eigenvalue weighted by Gasteiger charge is -2.22. The molecule has 0 aromatic heterocycles. The molecule has 43 heavy (non-hydrogen) atoms. The van der Waals surface area contributed by atoms with Crippen molar-refractivity contribution in [2.75, 3.05) is 46.9 Å². The molecule has 2 aliphatic rings. The lowest BCUT2D eigenvalue weighted by molar-refractivity contribution is -0.149. The normalized spacial score (nSPS) is 14.6. The van der Waals surface area contributed by atoms with Gasteiger partial charge in [0.15, 0.2) is 11.5 Å². The van der Waals surface area contributed by atoms with Crippen LogP contribution < -0.4 is 14.8 Å². The highest BCUT2D eigenvalue weighted by atomic mass is 16.6. The number of benzene rings is 1. The van der Waals surface area contributed by atoms with Crippen LogP contribution in [0.4, 0.5) is 0 Å². The fourth-order valence-electron chi connectivity index (χ4n) is 5.18. The van der Waals surface area contributed by atoms with Crippen molar-refractivity contribution >= 4 is 12.3 Å². The highest BCUT2D eigenvalue weighted by Gasteiger charge is 2.20. The third-order valence-corrected chi connectivity index (χ3v) is 7.84. The number of carbonyl (C=O) groups excluding carboxylic acids is 2. The van der Waals surface area contributed by atoms with Gasteiger partial charge in [-0.05, 0) is 70.6 Å². The maximum atomic E-state index is 12.3. The summed E-state index contributed by atoms with van der Waals surface area (Å²) in [4.78, 5) is 24.5. The summed E-state index contributed by atoms with van der Waals surface area (Å²) < 4.78 is 17.0. The predicted molar refractivity (Wildman–Crippen MR) is 178 cm³/mol. The van der Waals surface area contributed by atoms with E-state index in [-0.39, 0.29) is 12.1 Å². The topological polar surface area (TPSA) is 77.1 Å². The average molecular weight is 605 g/mol. The van der Waals surface area contributed by atoms with E-state index >= 15 is 0 Å². The minimum Gasteiger partial charge on any atom is -0.486 e. The number of nitrogens with one attached hydrogen (secondary N) is 1. The van der Waals surface area contributed by atoms with Gasteiger partial charge in [0.05, 0.1) is 0 Å². The molecule has 1 atom stereocenters. The van der Waals surface area contributed by atoms with E-state index in [1.54, 1.807) is 0 Å². The molecule has 2 heterocycles. The fraction of sp³-hybridized carbons (Fsp3) is 0.778. The molecule has 1 N–H and O–H groups in total. The molecule has 7 nitrogen and oxygen atoms in total. The molecule has 7 heteroatoms. The van der Waals surface area contributed by atoms with Crippen LogP contribution in [0.25, 0.3) is 0 Å². The summed E-state index contributed by atoms with van der Waals surface area (Å²) in [6, 6.07) is 5.75. The van der Waals surface area contributed by atoms with E-state index in [4.69, 9.17) is 14.2 Å². The minimum absolute atomic E-state index is 0.127. The minimum atomic E-state index is -0.313. The van der Waals surface area contributed by atoms with E-state index in [0.717, 1.165) is 49.0 Å². The Bertz CT molecular complexity index is 813. The Kier molecular flexibility index (Phi) is 24.8. The van der Waals surface area contributed by atoms with Crippen LogP contribution in [0.1, 0.15) is 141 Å². The molecule has 3 rings (SSSR count). The molecule has 1 fully saturated rings. The van der Waals surface area contributed by atoms with Gasteiger partial charge in [-0.15, -0.1) is 0 Å². The maximum absolute atomic E-state index is 12.3. The number of hydrogen-bond acceptors (Lipinski definition) is 7. The standard InChI is InChI=1S/C23H37NO4.C8H16O.C5H11N/c1-3-4-5-6-7-8-9-10-11-12-23(25)28-22(18-24-2)19-13-14-20-21(17-19)27-16-15-26-20;1-2-3-4-5-6-7-8-9;1-6-4-2-3-5-6/h13-14,17,22,24H,3-12,15-16,18H2,1-2H3;8H,2-7H2,1H3;2-5H2,1H3/t22-;;/m0../s1. The number of ether oxygens (including phenoxy) is 3. The van der Waals surface area contributed by atoms with Crippen LogP contribution in [-0.2, 0) is 14.3 Å². The maximum Gasteiger partial charge on any atom is 0.306 e. The first kappa shape index (κ1) is 38.9. The third-order valence-electron chi connectivity index (χ3n) is 7.84. The smallest absolute Gasteiger partial charge is 0.306 e. The first-order chi connectivity index (χ1) is 21.0. The second kappa shape index (κ2) is 27.4. The molecule has 0 radical (unpaired) electrons. The van der Waals surface area contributed by atoms with E-state index < -0.39 is 0 Å². The first-order valence-electron chi connectivity index (χ1n) is 17.4. The van der Waals surface area contributed by atoms with E-state index in [1.165, 1.54) is 96.6 Å². The summed E-state index contributed by atoms with van der Waals surface area (Å²) in [6.45, 7) is 8.77. The van der Waals surface area contributed by atoms with Gasteiger partial charge in [-0.2, -0.15) is 0 Å². The monoisotopic (exact) mass is 604 g/mol. The van der Waals surface area contributed by atoms with Crippen LogP contribution in [0, 0.1) is 0 Å². The Morgan fingerprint density at radius 3 is 1.95 bits per heavy atom. The summed E-state index contributed by atoms with van der Waals surface area (Å²) in [5.41, 5.74) is 0.930. The molecule has 248 valence electrons. The van der Waals surface area contributed by atoms with Gasteiger partial charge in [-0.25, -0.2) is 0 Å². The van der Waals surface area contributed by atoms with Gasteiger partial charge in [-0.3, -0.25) is 4.79 Å². The number of rotatable bonds is 20. The SMILES string of the molecule is CCCCCCCC=O.CCCCCCCCCCCC(=O)O[C@@H](CNC)c1ccc2c(c1)OCCO2.CN1CCCC1. The van der Waals surface area contributed by atoms with E-state index in [2.05, 4.69) is 31.1 Å². The van der Waals surface area contributed by atoms with Crippen LogP contribution in [0.2, 0.25) is 0 Å². The Labute approximate surface area is 263 Å². The van der Waals surface area contributed by atoms with Crippen molar-refractivity contribution in [1.29, 1.82) is 0 Å².